The SMILES string of the molecule is CCN(CCO)c1ccc(CNC2CC2)cc1OC. The molecule has 1 aliphatic rings. The Morgan fingerprint density at radius 3 is 2.79 bits per heavy atom. The number of methoxy groups -OCH3 is 1. The average molecular weight is 264 g/mol. The van der Waals surface area contributed by atoms with Crippen molar-refractivity contribution in [3.8, 4) is 5.75 Å². The van der Waals surface area contributed by atoms with Gasteiger partial charge in [0.1, 0.15) is 5.75 Å². The topological polar surface area (TPSA) is 44.7 Å². The van der Waals surface area contributed by atoms with Gasteiger partial charge in [-0.1, -0.05) is 6.07 Å². The fourth-order valence-electron chi connectivity index (χ4n) is 2.21. The highest BCUT2D eigenvalue weighted by atomic mass is 16.5. The third kappa shape index (κ3) is 3.85. The molecule has 0 bridgehead atoms. The van der Waals surface area contributed by atoms with Gasteiger partial charge in [0.05, 0.1) is 19.4 Å². The molecule has 1 fully saturated rings. The van der Waals surface area contributed by atoms with E-state index in [1.807, 2.05) is 0 Å². The van der Waals surface area contributed by atoms with Crippen LogP contribution in [0.1, 0.15) is 25.3 Å². The lowest BCUT2D eigenvalue weighted by Crippen LogP contribution is -2.26. The predicted octanol–water partition coefficient (Wildman–Crippen LogP) is 1.77. The van der Waals surface area contributed by atoms with Crippen LogP contribution in [0, 0.1) is 0 Å². The minimum Gasteiger partial charge on any atom is -0.495 e. The number of anilines is 1. The largest absolute Gasteiger partial charge is 0.495 e. The van der Waals surface area contributed by atoms with Crippen molar-refractivity contribution in [2.24, 2.45) is 0 Å². The number of aliphatic hydroxyl groups excluding tert-OH is 1. The smallest absolute Gasteiger partial charge is 0.142 e. The molecular weight excluding hydrogens is 240 g/mol. The summed E-state index contributed by atoms with van der Waals surface area (Å²) in [7, 11) is 1.70. The Balaban J connectivity index is 2.09. The second-order valence-corrected chi connectivity index (χ2v) is 4.96. The maximum Gasteiger partial charge on any atom is 0.142 e. The molecule has 0 radical (unpaired) electrons. The van der Waals surface area contributed by atoms with Crippen LogP contribution in [-0.2, 0) is 6.54 Å². The van der Waals surface area contributed by atoms with E-state index in [9.17, 15) is 0 Å². The van der Waals surface area contributed by atoms with Gasteiger partial charge in [0, 0.05) is 25.7 Å². The molecule has 0 aromatic heterocycles. The first-order valence-electron chi connectivity index (χ1n) is 7.04. The van der Waals surface area contributed by atoms with E-state index in [2.05, 4.69) is 35.3 Å². The van der Waals surface area contributed by atoms with Crippen LogP contribution in [0.15, 0.2) is 18.2 Å². The molecule has 4 nitrogen and oxygen atoms in total. The number of hydrogen-bond donors (Lipinski definition) is 2. The van der Waals surface area contributed by atoms with E-state index >= 15 is 0 Å². The fraction of sp³-hybridized carbons (Fsp3) is 0.600. The van der Waals surface area contributed by atoms with Crippen molar-refractivity contribution in [1.82, 2.24) is 5.32 Å². The molecule has 0 spiro atoms. The summed E-state index contributed by atoms with van der Waals surface area (Å²) < 4.78 is 5.49. The van der Waals surface area contributed by atoms with Gasteiger partial charge in [0.25, 0.3) is 0 Å². The number of ether oxygens (including phenoxy) is 1. The zero-order chi connectivity index (χ0) is 13.7. The molecule has 0 atom stereocenters. The van der Waals surface area contributed by atoms with Crippen LogP contribution in [-0.4, -0.2) is 38.0 Å². The summed E-state index contributed by atoms with van der Waals surface area (Å²) in [6, 6.07) is 7.02. The lowest BCUT2D eigenvalue weighted by atomic mass is 10.1. The summed E-state index contributed by atoms with van der Waals surface area (Å²) in [4.78, 5) is 2.12. The normalized spacial score (nSPS) is 14.5. The minimum absolute atomic E-state index is 0.155. The van der Waals surface area contributed by atoms with Crippen molar-refractivity contribution in [2.45, 2.75) is 32.4 Å². The molecule has 1 aliphatic carbocycles. The van der Waals surface area contributed by atoms with Crippen LogP contribution in [0.4, 0.5) is 5.69 Å². The summed E-state index contributed by atoms with van der Waals surface area (Å²) in [5, 5.41) is 12.6. The van der Waals surface area contributed by atoms with Gasteiger partial charge in [0.15, 0.2) is 0 Å². The summed E-state index contributed by atoms with van der Waals surface area (Å²) in [5.74, 6) is 0.880. The van der Waals surface area contributed by atoms with Crippen LogP contribution in [0.5, 0.6) is 5.75 Å². The van der Waals surface area contributed by atoms with Gasteiger partial charge >= 0.3 is 0 Å². The third-order valence-electron chi connectivity index (χ3n) is 3.51. The van der Waals surface area contributed by atoms with E-state index in [1.54, 1.807) is 7.11 Å². The lowest BCUT2D eigenvalue weighted by molar-refractivity contribution is 0.302. The summed E-state index contributed by atoms with van der Waals surface area (Å²) in [6.45, 7) is 4.62. The molecule has 0 heterocycles. The third-order valence-corrected chi connectivity index (χ3v) is 3.51. The van der Waals surface area contributed by atoms with Gasteiger partial charge < -0.3 is 20.1 Å². The van der Waals surface area contributed by atoms with Crippen molar-refractivity contribution in [1.29, 1.82) is 0 Å². The van der Waals surface area contributed by atoms with Gasteiger partial charge in [-0.05, 0) is 37.5 Å². The van der Waals surface area contributed by atoms with Crippen molar-refractivity contribution < 1.29 is 9.84 Å². The molecule has 4 heteroatoms. The van der Waals surface area contributed by atoms with Crippen LogP contribution in [0.2, 0.25) is 0 Å². The second kappa shape index (κ2) is 6.78. The molecule has 1 saturated carbocycles. The van der Waals surface area contributed by atoms with Crippen molar-refractivity contribution in [2.75, 3.05) is 31.7 Å². The van der Waals surface area contributed by atoms with E-state index in [4.69, 9.17) is 9.84 Å². The Morgan fingerprint density at radius 2 is 2.21 bits per heavy atom. The maximum absolute atomic E-state index is 9.11. The first kappa shape index (κ1) is 14.2. The molecule has 0 aliphatic heterocycles. The first-order valence-corrected chi connectivity index (χ1v) is 7.04. The molecule has 2 N–H and O–H groups in total. The average Bonchev–Trinajstić information content (AvgIpc) is 3.26. The highest BCUT2D eigenvalue weighted by Gasteiger charge is 2.20. The number of rotatable bonds is 8. The minimum atomic E-state index is 0.155. The van der Waals surface area contributed by atoms with Gasteiger partial charge in [-0.25, -0.2) is 0 Å². The van der Waals surface area contributed by atoms with E-state index < -0.39 is 0 Å². The van der Waals surface area contributed by atoms with Crippen molar-refractivity contribution in [3.63, 3.8) is 0 Å². The quantitative estimate of drug-likeness (QED) is 0.751. The molecule has 19 heavy (non-hydrogen) atoms. The Morgan fingerprint density at radius 1 is 1.42 bits per heavy atom. The standard InChI is InChI=1S/C15H24N2O2/c1-3-17(8-9-18)14-7-4-12(10-15(14)19-2)11-16-13-5-6-13/h4,7,10,13,16,18H,3,5-6,8-9,11H2,1-2H3. The van der Waals surface area contributed by atoms with Crippen molar-refractivity contribution >= 4 is 5.69 Å². The number of aliphatic hydroxyl groups is 1. The number of hydrogen-bond acceptors (Lipinski definition) is 4. The zero-order valence-electron chi connectivity index (χ0n) is 11.9. The molecule has 0 unspecified atom stereocenters. The summed E-state index contributed by atoms with van der Waals surface area (Å²) in [6.07, 6.45) is 2.60. The molecule has 106 valence electrons. The van der Waals surface area contributed by atoms with Gasteiger partial charge in [0.2, 0.25) is 0 Å². The maximum atomic E-state index is 9.11. The van der Waals surface area contributed by atoms with E-state index in [0.717, 1.165) is 24.5 Å². The van der Waals surface area contributed by atoms with Crippen LogP contribution in [0.3, 0.4) is 0 Å². The molecule has 1 aromatic rings. The van der Waals surface area contributed by atoms with Gasteiger partial charge in [-0.3, -0.25) is 0 Å². The number of likely N-dealkylation sites (N-methyl/N-ethyl adjacent to an activating group) is 1. The Bertz CT molecular complexity index is 405. The van der Waals surface area contributed by atoms with Crippen LogP contribution >= 0.6 is 0 Å². The molecule has 0 saturated heterocycles. The highest BCUT2D eigenvalue weighted by Crippen LogP contribution is 2.29. The molecule has 0 amide bonds. The highest BCUT2D eigenvalue weighted by molar-refractivity contribution is 5.59. The molecule has 2 rings (SSSR count). The molecular formula is C15H24N2O2. The Labute approximate surface area is 115 Å². The summed E-state index contributed by atoms with van der Waals surface area (Å²) in [5.41, 5.74) is 2.29. The number of nitrogens with one attached hydrogen (secondary N) is 1. The van der Waals surface area contributed by atoms with E-state index in [-0.39, 0.29) is 6.61 Å². The van der Waals surface area contributed by atoms with Crippen LogP contribution in [0.25, 0.3) is 0 Å². The number of benzene rings is 1. The molecule has 1 aromatic carbocycles. The monoisotopic (exact) mass is 264 g/mol. The van der Waals surface area contributed by atoms with Crippen LogP contribution < -0.4 is 15.0 Å². The predicted molar refractivity (Wildman–Crippen MR) is 77.8 cm³/mol. The number of nitrogens with zero attached hydrogens (tertiary/aromatic N) is 1. The Hall–Kier alpha value is -1.26. The van der Waals surface area contributed by atoms with Crippen molar-refractivity contribution in [3.05, 3.63) is 23.8 Å². The van der Waals surface area contributed by atoms with E-state index in [1.165, 1.54) is 18.4 Å². The van der Waals surface area contributed by atoms with E-state index in [0.29, 0.717) is 12.6 Å². The van der Waals surface area contributed by atoms with Gasteiger partial charge in [-0.15, -0.1) is 0 Å². The zero-order valence-corrected chi connectivity index (χ0v) is 11.9. The lowest BCUT2D eigenvalue weighted by Gasteiger charge is -2.24. The Kier molecular flexibility index (Phi) is 5.05. The summed E-state index contributed by atoms with van der Waals surface area (Å²) >= 11 is 0. The fourth-order valence-corrected chi connectivity index (χ4v) is 2.21. The first-order chi connectivity index (χ1) is 9.28. The second-order valence-electron chi connectivity index (χ2n) is 4.96. The van der Waals surface area contributed by atoms with Gasteiger partial charge in [-0.2, -0.15) is 0 Å².